The largest absolute Gasteiger partial charge is 0.494 e. The molecule has 1 aliphatic heterocycles. The molecule has 0 saturated carbocycles. The van der Waals surface area contributed by atoms with Crippen molar-refractivity contribution in [2.24, 2.45) is 0 Å². The van der Waals surface area contributed by atoms with Crippen molar-refractivity contribution in [3.05, 3.63) is 63.0 Å². The van der Waals surface area contributed by atoms with Crippen LogP contribution in [0.1, 0.15) is 5.56 Å². The van der Waals surface area contributed by atoms with E-state index in [2.05, 4.69) is 0 Å². The Labute approximate surface area is 159 Å². The fourth-order valence-electron chi connectivity index (χ4n) is 2.28. The van der Waals surface area contributed by atoms with Crippen LogP contribution < -0.4 is 9.64 Å². The van der Waals surface area contributed by atoms with E-state index in [1.54, 1.807) is 18.2 Å². The summed E-state index contributed by atoms with van der Waals surface area (Å²) in [5.41, 5.74) is 1.45. The molecule has 24 heavy (non-hydrogen) atoms. The van der Waals surface area contributed by atoms with Crippen molar-refractivity contribution in [1.29, 1.82) is 0 Å². The van der Waals surface area contributed by atoms with Crippen LogP contribution in [0.4, 0.5) is 5.69 Å². The highest BCUT2D eigenvalue weighted by molar-refractivity contribution is 8.27. The zero-order valence-electron chi connectivity index (χ0n) is 12.5. The Hall–Kier alpha value is -1.53. The fourth-order valence-corrected chi connectivity index (χ4v) is 4.23. The lowest BCUT2D eigenvalue weighted by atomic mass is 10.2. The molecule has 3 rings (SSSR count). The predicted molar refractivity (Wildman–Crippen MR) is 105 cm³/mol. The van der Waals surface area contributed by atoms with E-state index in [0.29, 0.717) is 30.6 Å². The number of methoxy groups -OCH3 is 1. The van der Waals surface area contributed by atoms with Crippen LogP contribution >= 0.6 is 47.2 Å². The number of hydrogen-bond donors (Lipinski definition) is 0. The molecule has 0 radical (unpaired) electrons. The number of carbonyl (C=O) groups excluding carboxylic acids is 1. The number of ether oxygens (including phenoxy) is 1. The van der Waals surface area contributed by atoms with E-state index >= 15 is 0 Å². The standard InChI is InChI=1S/C17H11Cl2NO2S2/c1-22-15-12(18)7-10(8-13(15)19)9-14-16(21)20(17(23)24-14)11-5-3-2-4-6-11/h2-9H,1H3/b14-9-. The number of benzene rings is 2. The molecular formula is C17H11Cl2NO2S2. The lowest BCUT2D eigenvalue weighted by Crippen LogP contribution is -2.27. The highest BCUT2D eigenvalue weighted by Gasteiger charge is 2.33. The van der Waals surface area contributed by atoms with Gasteiger partial charge < -0.3 is 4.74 Å². The van der Waals surface area contributed by atoms with Crippen molar-refractivity contribution < 1.29 is 9.53 Å². The molecule has 0 spiro atoms. The summed E-state index contributed by atoms with van der Waals surface area (Å²) in [5.74, 6) is 0.242. The van der Waals surface area contributed by atoms with Gasteiger partial charge in [0, 0.05) is 0 Å². The van der Waals surface area contributed by atoms with Crippen LogP contribution in [0.2, 0.25) is 10.0 Å². The van der Waals surface area contributed by atoms with Gasteiger partial charge in [-0.2, -0.15) is 0 Å². The normalized spacial score (nSPS) is 16.1. The molecule has 7 heteroatoms. The average Bonchev–Trinajstić information content (AvgIpc) is 2.82. The second-order valence-corrected chi connectivity index (χ2v) is 7.36. The molecular weight excluding hydrogens is 385 g/mol. The average molecular weight is 396 g/mol. The Bertz CT molecular complexity index is 830. The molecule has 2 aromatic rings. The van der Waals surface area contributed by atoms with Gasteiger partial charge in [0.1, 0.15) is 0 Å². The molecule has 1 saturated heterocycles. The van der Waals surface area contributed by atoms with Crippen molar-refractivity contribution in [3.8, 4) is 5.75 Å². The van der Waals surface area contributed by atoms with Gasteiger partial charge in [0.25, 0.3) is 5.91 Å². The van der Waals surface area contributed by atoms with Gasteiger partial charge in [-0.15, -0.1) is 0 Å². The molecule has 0 aromatic heterocycles. The number of carbonyl (C=O) groups is 1. The number of para-hydroxylation sites is 1. The number of nitrogens with zero attached hydrogens (tertiary/aromatic N) is 1. The quantitative estimate of drug-likeness (QED) is 0.513. The number of hydrogen-bond acceptors (Lipinski definition) is 4. The first-order valence-electron chi connectivity index (χ1n) is 6.87. The van der Waals surface area contributed by atoms with Crippen LogP contribution in [0.5, 0.6) is 5.75 Å². The molecule has 0 bridgehead atoms. The Morgan fingerprint density at radius 2 is 1.79 bits per heavy atom. The van der Waals surface area contributed by atoms with E-state index in [-0.39, 0.29) is 5.91 Å². The van der Waals surface area contributed by atoms with Crippen LogP contribution in [0.15, 0.2) is 47.4 Å². The zero-order chi connectivity index (χ0) is 17.3. The topological polar surface area (TPSA) is 29.5 Å². The van der Waals surface area contributed by atoms with Gasteiger partial charge in [-0.3, -0.25) is 9.69 Å². The number of thioether (sulfide) groups is 1. The first kappa shape index (κ1) is 17.3. The SMILES string of the molecule is COc1c(Cl)cc(/C=C2\SC(=S)N(c3ccccc3)C2=O)cc1Cl. The lowest BCUT2D eigenvalue weighted by molar-refractivity contribution is -0.113. The van der Waals surface area contributed by atoms with Crippen molar-refractivity contribution >= 4 is 69.2 Å². The minimum absolute atomic E-state index is 0.167. The minimum atomic E-state index is -0.167. The third kappa shape index (κ3) is 3.30. The van der Waals surface area contributed by atoms with Crippen molar-refractivity contribution in [2.45, 2.75) is 0 Å². The second kappa shape index (κ2) is 7.15. The maximum Gasteiger partial charge on any atom is 0.270 e. The van der Waals surface area contributed by atoms with E-state index in [1.807, 2.05) is 30.3 Å². The van der Waals surface area contributed by atoms with Crippen LogP contribution in [-0.2, 0) is 4.79 Å². The monoisotopic (exact) mass is 395 g/mol. The highest BCUT2D eigenvalue weighted by Crippen LogP contribution is 2.38. The van der Waals surface area contributed by atoms with E-state index < -0.39 is 0 Å². The van der Waals surface area contributed by atoms with E-state index in [4.69, 9.17) is 40.2 Å². The van der Waals surface area contributed by atoms with Crippen LogP contribution in [0.25, 0.3) is 6.08 Å². The number of halogens is 2. The smallest absolute Gasteiger partial charge is 0.270 e. The number of anilines is 1. The van der Waals surface area contributed by atoms with Crippen molar-refractivity contribution in [1.82, 2.24) is 0 Å². The summed E-state index contributed by atoms with van der Waals surface area (Å²) >= 11 is 18.9. The minimum Gasteiger partial charge on any atom is -0.494 e. The van der Waals surface area contributed by atoms with Gasteiger partial charge >= 0.3 is 0 Å². The molecule has 0 aliphatic carbocycles. The maximum atomic E-state index is 12.7. The van der Waals surface area contributed by atoms with Crippen molar-refractivity contribution in [3.63, 3.8) is 0 Å². The summed E-state index contributed by atoms with van der Waals surface area (Å²) < 4.78 is 5.62. The lowest BCUT2D eigenvalue weighted by Gasteiger charge is -2.13. The summed E-state index contributed by atoms with van der Waals surface area (Å²) in [6.07, 6.45) is 1.72. The number of thiocarbonyl (C=S) groups is 1. The van der Waals surface area contributed by atoms with E-state index in [9.17, 15) is 4.79 Å². The summed E-state index contributed by atoms with van der Waals surface area (Å²) in [4.78, 5) is 14.7. The van der Waals surface area contributed by atoms with Gasteiger partial charge in [0.15, 0.2) is 10.1 Å². The van der Waals surface area contributed by atoms with Crippen LogP contribution in [0.3, 0.4) is 0 Å². The van der Waals surface area contributed by atoms with E-state index in [1.165, 1.54) is 23.8 Å². The molecule has 2 aromatic carbocycles. The first-order valence-corrected chi connectivity index (χ1v) is 8.85. The second-order valence-electron chi connectivity index (χ2n) is 4.87. The van der Waals surface area contributed by atoms with Crippen LogP contribution in [0, 0.1) is 0 Å². The molecule has 122 valence electrons. The van der Waals surface area contributed by atoms with Gasteiger partial charge in [0.2, 0.25) is 0 Å². The fraction of sp³-hybridized carbons (Fsp3) is 0.0588. The first-order chi connectivity index (χ1) is 11.5. The van der Waals surface area contributed by atoms with Gasteiger partial charge in [-0.25, -0.2) is 0 Å². The van der Waals surface area contributed by atoms with Gasteiger partial charge in [-0.05, 0) is 35.9 Å². The third-order valence-corrected chi connectivity index (χ3v) is 5.19. The molecule has 0 atom stereocenters. The maximum absolute atomic E-state index is 12.7. The Morgan fingerprint density at radius 1 is 1.17 bits per heavy atom. The molecule has 1 fully saturated rings. The van der Waals surface area contributed by atoms with Crippen LogP contribution in [-0.4, -0.2) is 17.3 Å². The molecule has 1 amide bonds. The molecule has 0 N–H and O–H groups in total. The van der Waals surface area contributed by atoms with Gasteiger partial charge in [0.05, 0.1) is 27.7 Å². The Balaban J connectivity index is 1.95. The molecule has 0 unspecified atom stereocenters. The number of amides is 1. The third-order valence-electron chi connectivity index (χ3n) is 3.33. The molecule has 3 nitrogen and oxygen atoms in total. The summed E-state index contributed by atoms with van der Waals surface area (Å²) in [6.45, 7) is 0. The zero-order valence-corrected chi connectivity index (χ0v) is 15.6. The molecule has 1 aliphatic rings. The summed E-state index contributed by atoms with van der Waals surface area (Å²) in [5, 5.41) is 0.768. The van der Waals surface area contributed by atoms with Crippen molar-refractivity contribution in [2.75, 3.05) is 12.0 Å². The summed E-state index contributed by atoms with van der Waals surface area (Å²) in [6, 6.07) is 12.7. The van der Waals surface area contributed by atoms with Gasteiger partial charge in [-0.1, -0.05) is 65.4 Å². The molecule has 1 heterocycles. The highest BCUT2D eigenvalue weighted by atomic mass is 35.5. The number of rotatable bonds is 3. The van der Waals surface area contributed by atoms with E-state index in [0.717, 1.165) is 5.69 Å². The summed E-state index contributed by atoms with van der Waals surface area (Å²) in [7, 11) is 1.50. The Kier molecular flexibility index (Phi) is 5.15. The Morgan fingerprint density at radius 3 is 2.38 bits per heavy atom. The predicted octanol–water partition coefficient (Wildman–Crippen LogP) is 5.41.